The molecule has 4 aromatic rings. The Balaban J connectivity index is 1.36. The third kappa shape index (κ3) is 4.61. The number of hydrogen-bond acceptors (Lipinski definition) is 4. The largest absolute Gasteiger partial charge is 0.493 e. The Morgan fingerprint density at radius 2 is 1.65 bits per heavy atom. The second-order valence-corrected chi connectivity index (χ2v) is 8.50. The van der Waals surface area contributed by atoms with E-state index in [9.17, 15) is 13.2 Å². The predicted molar refractivity (Wildman–Crippen MR) is 127 cm³/mol. The van der Waals surface area contributed by atoms with Gasteiger partial charge in [0.15, 0.2) is 11.3 Å². The topological polar surface area (TPSA) is 28.9 Å². The lowest BCUT2D eigenvalue weighted by atomic mass is 10.1. The Morgan fingerprint density at radius 1 is 0.882 bits per heavy atom. The lowest BCUT2D eigenvalue weighted by Crippen LogP contribution is -2.45. The molecule has 1 aliphatic rings. The number of hydrogen-bond donors (Lipinski definition) is 0. The van der Waals surface area contributed by atoms with Crippen molar-refractivity contribution in [2.24, 2.45) is 0 Å². The molecule has 176 valence electrons. The molecule has 2 heterocycles. The van der Waals surface area contributed by atoms with E-state index >= 15 is 0 Å². The molecular weight excluding hydrogens is 441 g/mol. The second kappa shape index (κ2) is 9.06. The summed E-state index contributed by atoms with van der Waals surface area (Å²) in [4.78, 5) is 4.78. The Morgan fingerprint density at radius 3 is 2.35 bits per heavy atom. The van der Waals surface area contributed by atoms with Crippen LogP contribution in [0.15, 0.2) is 77.2 Å². The van der Waals surface area contributed by atoms with E-state index in [0.29, 0.717) is 22.7 Å². The van der Waals surface area contributed by atoms with Crippen LogP contribution < -0.4 is 9.64 Å². The third-order valence-electron chi connectivity index (χ3n) is 6.24. The molecule has 4 nitrogen and oxygen atoms in total. The Hall–Kier alpha value is -3.45. The normalized spacial score (nSPS) is 15.1. The molecule has 1 fully saturated rings. The molecule has 7 heteroatoms. The molecule has 0 atom stereocenters. The average Bonchev–Trinajstić information content (AvgIpc) is 3.28. The first-order chi connectivity index (χ1) is 16.4. The molecule has 1 aromatic heterocycles. The number of methoxy groups -OCH3 is 1. The van der Waals surface area contributed by atoms with Gasteiger partial charge in [-0.1, -0.05) is 30.3 Å². The van der Waals surface area contributed by atoms with Gasteiger partial charge in [-0.05, 0) is 48.0 Å². The Labute approximate surface area is 196 Å². The van der Waals surface area contributed by atoms with Crippen molar-refractivity contribution in [3.8, 4) is 17.1 Å². The number of piperazine rings is 1. The third-order valence-corrected chi connectivity index (χ3v) is 6.24. The number of ether oxygens (including phenoxy) is 1. The van der Waals surface area contributed by atoms with Crippen LogP contribution in [0.3, 0.4) is 0 Å². The molecule has 3 aromatic carbocycles. The van der Waals surface area contributed by atoms with Gasteiger partial charge in [-0.25, -0.2) is 0 Å². The van der Waals surface area contributed by atoms with Crippen molar-refractivity contribution in [3.63, 3.8) is 0 Å². The van der Waals surface area contributed by atoms with Crippen LogP contribution in [-0.2, 0) is 12.7 Å². The van der Waals surface area contributed by atoms with Crippen LogP contribution in [0.5, 0.6) is 5.75 Å². The molecule has 0 spiro atoms. The number of fused-ring (bicyclic) bond motifs is 1. The first-order valence-electron chi connectivity index (χ1n) is 11.2. The molecule has 34 heavy (non-hydrogen) atoms. The zero-order valence-corrected chi connectivity index (χ0v) is 18.8. The molecule has 0 radical (unpaired) electrons. The van der Waals surface area contributed by atoms with E-state index in [2.05, 4.69) is 34.1 Å². The van der Waals surface area contributed by atoms with Crippen molar-refractivity contribution in [1.82, 2.24) is 4.90 Å². The van der Waals surface area contributed by atoms with Gasteiger partial charge in [-0.15, -0.1) is 0 Å². The summed E-state index contributed by atoms with van der Waals surface area (Å²) in [6.07, 6.45) is -4.41. The quantitative estimate of drug-likeness (QED) is 0.338. The van der Waals surface area contributed by atoms with E-state index in [1.165, 1.54) is 11.8 Å². The van der Waals surface area contributed by atoms with E-state index in [0.717, 1.165) is 55.8 Å². The van der Waals surface area contributed by atoms with Crippen LogP contribution in [0, 0.1) is 0 Å². The average molecular weight is 467 g/mol. The Bertz CT molecular complexity index is 1280. The summed E-state index contributed by atoms with van der Waals surface area (Å²) in [5.74, 6) is 0.960. The monoisotopic (exact) mass is 466 g/mol. The maximum atomic E-state index is 13.1. The van der Waals surface area contributed by atoms with Gasteiger partial charge < -0.3 is 14.1 Å². The molecular formula is C27H25F3N2O2. The smallest absolute Gasteiger partial charge is 0.416 e. The first-order valence-corrected chi connectivity index (χ1v) is 11.2. The van der Waals surface area contributed by atoms with Crippen LogP contribution in [-0.4, -0.2) is 38.2 Å². The molecule has 0 bridgehead atoms. The predicted octanol–water partition coefficient (Wildman–Crippen LogP) is 6.45. The lowest BCUT2D eigenvalue weighted by Gasteiger charge is -2.36. The molecule has 0 aliphatic carbocycles. The van der Waals surface area contributed by atoms with Crippen molar-refractivity contribution in [1.29, 1.82) is 0 Å². The molecule has 0 amide bonds. The summed E-state index contributed by atoms with van der Waals surface area (Å²) in [7, 11) is 1.57. The van der Waals surface area contributed by atoms with Crippen molar-refractivity contribution >= 4 is 16.7 Å². The lowest BCUT2D eigenvalue weighted by molar-refractivity contribution is -0.137. The fraction of sp³-hybridized carbons (Fsp3) is 0.259. The summed E-state index contributed by atoms with van der Waals surface area (Å²) in [6.45, 7) is 4.55. The second-order valence-electron chi connectivity index (χ2n) is 8.50. The van der Waals surface area contributed by atoms with Crippen LogP contribution in [0.1, 0.15) is 11.1 Å². The van der Waals surface area contributed by atoms with Crippen LogP contribution >= 0.6 is 0 Å². The van der Waals surface area contributed by atoms with Crippen molar-refractivity contribution in [3.05, 3.63) is 83.9 Å². The summed E-state index contributed by atoms with van der Waals surface area (Å²) in [5.41, 5.74) is 2.53. The number of anilines is 1. The number of alkyl halides is 3. The molecule has 5 rings (SSSR count). The van der Waals surface area contributed by atoms with Crippen molar-refractivity contribution in [2.45, 2.75) is 12.7 Å². The van der Waals surface area contributed by atoms with E-state index in [1.54, 1.807) is 19.2 Å². The number of rotatable bonds is 5. The van der Waals surface area contributed by atoms with Crippen molar-refractivity contribution < 1.29 is 22.3 Å². The summed E-state index contributed by atoms with van der Waals surface area (Å²) < 4.78 is 50.9. The minimum absolute atomic E-state index is 0.381. The molecule has 0 saturated carbocycles. The number of nitrogens with zero attached hydrogens (tertiary/aromatic N) is 2. The first kappa shape index (κ1) is 22.3. The highest BCUT2D eigenvalue weighted by Gasteiger charge is 2.30. The SMILES string of the molecule is COc1cc(CN2CCN(c3ccccc3)CC2)cc2cc(-c3cccc(C(F)(F)F)c3)oc12. The van der Waals surface area contributed by atoms with Gasteiger partial charge in [0, 0.05) is 49.4 Å². The van der Waals surface area contributed by atoms with Gasteiger partial charge in [0.25, 0.3) is 0 Å². The molecule has 0 N–H and O–H groups in total. The number of benzene rings is 3. The van der Waals surface area contributed by atoms with Crippen LogP contribution in [0.25, 0.3) is 22.3 Å². The van der Waals surface area contributed by atoms with Crippen LogP contribution in [0.2, 0.25) is 0 Å². The highest BCUT2D eigenvalue weighted by molar-refractivity contribution is 5.88. The van der Waals surface area contributed by atoms with E-state index in [4.69, 9.17) is 9.15 Å². The van der Waals surface area contributed by atoms with Crippen LogP contribution in [0.4, 0.5) is 18.9 Å². The summed E-state index contributed by atoms with van der Waals surface area (Å²) in [6, 6.07) is 21.3. The minimum atomic E-state index is -4.41. The molecule has 1 aliphatic heterocycles. The molecule has 1 saturated heterocycles. The zero-order chi connectivity index (χ0) is 23.7. The highest BCUT2D eigenvalue weighted by atomic mass is 19.4. The number of halogens is 3. The summed E-state index contributed by atoms with van der Waals surface area (Å²) >= 11 is 0. The fourth-order valence-electron chi connectivity index (χ4n) is 4.48. The van der Waals surface area contributed by atoms with Gasteiger partial charge in [-0.3, -0.25) is 4.90 Å². The minimum Gasteiger partial charge on any atom is -0.493 e. The zero-order valence-electron chi connectivity index (χ0n) is 18.8. The van der Waals surface area contributed by atoms with Gasteiger partial charge in [0.1, 0.15) is 5.76 Å². The maximum Gasteiger partial charge on any atom is 0.416 e. The van der Waals surface area contributed by atoms with E-state index < -0.39 is 11.7 Å². The summed E-state index contributed by atoms with van der Waals surface area (Å²) in [5, 5.41) is 0.810. The van der Waals surface area contributed by atoms with Gasteiger partial charge >= 0.3 is 6.18 Å². The highest BCUT2D eigenvalue weighted by Crippen LogP contribution is 2.37. The number of para-hydroxylation sites is 1. The fourth-order valence-corrected chi connectivity index (χ4v) is 4.48. The number of furan rings is 1. The molecule has 0 unspecified atom stereocenters. The van der Waals surface area contributed by atoms with Gasteiger partial charge in [-0.2, -0.15) is 13.2 Å². The van der Waals surface area contributed by atoms with E-state index in [1.807, 2.05) is 18.2 Å². The van der Waals surface area contributed by atoms with Gasteiger partial charge in [0.2, 0.25) is 0 Å². The standard InChI is InChI=1S/C27H25F3N2O2/c1-33-25-15-19(18-31-10-12-32(13-11-31)23-8-3-2-4-9-23)14-21-17-24(34-26(21)25)20-6-5-7-22(16-20)27(28,29)30/h2-9,14-17H,10-13,18H2,1H3. The van der Waals surface area contributed by atoms with E-state index in [-0.39, 0.29) is 0 Å². The van der Waals surface area contributed by atoms with Gasteiger partial charge in [0.05, 0.1) is 12.7 Å². The Kier molecular flexibility index (Phi) is 5.96. The maximum absolute atomic E-state index is 13.1. The van der Waals surface area contributed by atoms with Crippen molar-refractivity contribution in [2.75, 3.05) is 38.2 Å².